The van der Waals surface area contributed by atoms with E-state index in [1.54, 1.807) is 0 Å². The van der Waals surface area contributed by atoms with Crippen LogP contribution in [0.4, 0.5) is 13.6 Å². The Kier molecular flexibility index (Phi) is 5.55. The highest BCUT2D eigenvalue weighted by Gasteiger charge is 2.26. The van der Waals surface area contributed by atoms with E-state index < -0.39 is 41.4 Å². The number of carboxylic acid groups (broad SMARTS) is 1. The number of nitrogens with two attached hydrogens (primary N) is 1. The summed E-state index contributed by atoms with van der Waals surface area (Å²) in [5.74, 6) is -4.73. The van der Waals surface area contributed by atoms with Crippen LogP contribution in [-0.4, -0.2) is 29.1 Å². The minimum atomic E-state index is -1.29. The fraction of sp³-hybridized carbons (Fsp3) is 0.105. The summed E-state index contributed by atoms with van der Waals surface area (Å²) in [4.78, 5) is 33.2. The Morgan fingerprint density at radius 2 is 1.83 bits per heavy atom. The molecule has 0 saturated carbocycles. The molecule has 2 aromatic carbocycles. The quantitative estimate of drug-likeness (QED) is 0.631. The molecule has 2 amide bonds. The van der Waals surface area contributed by atoms with Crippen LogP contribution >= 0.6 is 0 Å². The van der Waals surface area contributed by atoms with Crippen LogP contribution < -0.4 is 15.8 Å². The highest BCUT2D eigenvalue weighted by molar-refractivity contribution is 6.09. The van der Waals surface area contributed by atoms with Gasteiger partial charge in [0.05, 0.1) is 0 Å². The van der Waals surface area contributed by atoms with Crippen LogP contribution in [0, 0.1) is 11.6 Å². The van der Waals surface area contributed by atoms with Gasteiger partial charge in [0.15, 0.2) is 23.1 Å². The fourth-order valence-electron chi connectivity index (χ4n) is 2.49. The summed E-state index contributed by atoms with van der Waals surface area (Å²) in [6.45, 7) is 0. The van der Waals surface area contributed by atoms with E-state index >= 15 is 0 Å². The molecule has 2 aromatic rings. The maximum Gasteiger partial charge on any atom is 0.419 e. The molecule has 150 valence electrons. The number of rotatable bonds is 6. The van der Waals surface area contributed by atoms with Gasteiger partial charge in [-0.25, -0.2) is 13.6 Å². The van der Waals surface area contributed by atoms with Gasteiger partial charge in [-0.3, -0.25) is 14.9 Å². The number of alkyl carbamates (subject to hydrolysis) is 1. The minimum Gasteiger partial charge on any atom is -0.480 e. The van der Waals surface area contributed by atoms with Gasteiger partial charge in [0.25, 0.3) is 5.91 Å². The van der Waals surface area contributed by atoms with Crippen LogP contribution in [0.1, 0.15) is 11.1 Å². The third-order valence-corrected chi connectivity index (χ3v) is 3.87. The van der Waals surface area contributed by atoms with Gasteiger partial charge < -0.3 is 20.3 Å². The van der Waals surface area contributed by atoms with Gasteiger partial charge in [-0.1, -0.05) is 12.1 Å². The van der Waals surface area contributed by atoms with E-state index in [4.69, 9.17) is 15.6 Å². The Labute approximate surface area is 162 Å². The molecule has 1 unspecified atom stereocenters. The van der Waals surface area contributed by atoms with Crippen LogP contribution in [0.15, 0.2) is 42.2 Å². The lowest BCUT2D eigenvalue weighted by Gasteiger charge is -2.11. The van der Waals surface area contributed by atoms with Crippen molar-refractivity contribution in [2.75, 3.05) is 0 Å². The Bertz CT molecular complexity index is 997. The first kappa shape index (κ1) is 20.0. The molecule has 0 aliphatic carbocycles. The number of amides is 2. The zero-order valence-corrected chi connectivity index (χ0v) is 14.6. The Morgan fingerprint density at radius 1 is 1.21 bits per heavy atom. The standard InChI is InChI=1S/C19H14F2N2O6/c20-12-5-10(7-14(22)18(25)26)6-13(21)16(12)28-11-3-1-9(2-4-11)8-15-17(24)23-19(27)29-15/h1-6,8,14H,7,22H2,(H,25,26)(H,23,24,27)/b15-8-. The SMILES string of the molecule is NC(Cc1cc(F)c(Oc2ccc(/C=C3\OC(=O)NC3=O)cc2)c(F)c1)C(=O)O. The van der Waals surface area contributed by atoms with Crippen molar-refractivity contribution in [2.45, 2.75) is 12.5 Å². The first-order valence-corrected chi connectivity index (χ1v) is 8.22. The highest BCUT2D eigenvalue weighted by Crippen LogP contribution is 2.29. The van der Waals surface area contributed by atoms with Gasteiger partial charge in [0.1, 0.15) is 11.8 Å². The van der Waals surface area contributed by atoms with Gasteiger partial charge in [0, 0.05) is 0 Å². The number of halogens is 2. The number of hydrogen-bond donors (Lipinski definition) is 3. The summed E-state index contributed by atoms with van der Waals surface area (Å²) >= 11 is 0. The number of aliphatic carboxylic acids is 1. The molecule has 1 aliphatic heterocycles. The Morgan fingerprint density at radius 3 is 2.34 bits per heavy atom. The summed E-state index contributed by atoms with van der Waals surface area (Å²) in [7, 11) is 0. The van der Waals surface area contributed by atoms with E-state index in [-0.39, 0.29) is 23.5 Å². The Balaban J connectivity index is 1.75. The fourth-order valence-corrected chi connectivity index (χ4v) is 2.49. The van der Waals surface area contributed by atoms with Crippen molar-refractivity contribution in [3.05, 3.63) is 64.9 Å². The van der Waals surface area contributed by atoms with E-state index in [1.165, 1.54) is 30.3 Å². The maximum absolute atomic E-state index is 14.2. The first-order chi connectivity index (χ1) is 13.7. The number of hydrogen-bond acceptors (Lipinski definition) is 6. The van der Waals surface area contributed by atoms with Gasteiger partial charge in [0.2, 0.25) is 0 Å². The number of benzene rings is 2. The molecule has 3 rings (SSSR count). The van der Waals surface area contributed by atoms with E-state index in [2.05, 4.69) is 4.74 Å². The van der Waals surface area contributed by atoms with Crippen LogP contribution in [0.25, 0.3) is 6.08 Å². The zero-order chi connectivity index (χ0) is 21.1. The summed E-state index contributed by atoms with van der Waals surface area (Å²) < 4.78 is 38.3. The summed E-state index contributed by atoms with van der Waals surface area (Å²) in [5, 5.41) is 10.7. The molecule has 29 heavy (non-hydrogen) atoms. The molecular weight excluding hydrogens is 390 g/mol. The molecule has 10 heteroatoms. The maximum atomic E-state index is 14.2. The molecule has 0 spiro atoms. The molecular formula is C19H14F2N2O6. The number of nitrogens with one attached hydrogen (secondary N) is 1. The Hall–Kier alpha value is -3.79. The molecule has 1 aliphatic rings. The topological polar surface area (TPSA) is 128 Å². The second kappa shape index (κ2) is 8.07. The van der Waals surface area contributed by atoms with E-state index in [1.807, 2.05) is 5.32 Å². The van der Waals surface area contributed by atoms with Crippen LogP contribution in [-0.2, 0) is 20.7 Å². The van der Waals surface area contributed by atoms with Crippen molar-refractivity contribution in [3.8, 4) is 11.5 Å². The molecule has 1 saturated heterocycles. The summed E-state index contributed by atoms with van der Waals surface area (Å²) in [5.41, 5.74) is 5.93. The highest BCUT2D eigenvalue weighted by atomic mass is 19.1. The van der Waals surface area contributed by atoms with Gasteiger partial charge in [-0.15, -0.1) is 0 Å². The van der Waals surface area contributed by atoms with Crippen molar-refractivity contribution >= 4 is 24.0 Å². The third kappa shape index (κ3) is 4.74. The van der Waals surface area contributed by atoms with Gasteiger partial charge >= 0.3 is 12.1 Å². The van der Waals surface area contributed by atoms with Crippen LogP contribution in [0.5, 0.6) is 11.5 Å². The van der Waals surface area contributed by atoms with Gasteiger partial charge in [-0.05, 0) is 47.9 Å². The zero-order valence-electron chi connectivity index (χ0n) is 14.6. The third-order valence-electron chi connectivity index (χ3n) is 3.87. The second-order valence-electron chi connectivity index (χ2n) is 6.06. The lowest BCUT2D eigenvalue weighted by molar-refractivity contribution is -0.138. The predicted molar refractivity (Wildman–Crippen MR) is 94.8 cm³/mol. The normalized spacial score (nSPS) is 15.8. The number of carbonyl (C=O) groups excluding carboxylic acids is 2. The minimum absolute atomic E-state index is 0.0774. The molecule has 1 fully saturated rings. The average molecular weight is 404 g/mol. The van der Waals surface area contributed by atoms with Crippen molar-refractivity contribution in [1.29, 1.82) is 0 Å². The van der Waals surface area contributed by atoms with E-state index in [0.717, 1.165) is 12.1 Å². The van der Waals surface area contributed by atoms with Crippen molar-refractivity contribution < 1.29 is 37.7 Å². The van der Waals surface area contributed by atoms with Gasteiger partial charge in [-0.2, -0.15) is 0 Å². The summed E-state index contributed by atoms with van der Waals surface area (Å²) in [6, 6.07) is 6.38. The number of ether oxygens (including phenoxy) is 2. The molecule has 0 radical (unpaired) electrons. The van der Waals surface area contributed by atoms with E-state index in [9.17, 15) is 23.2 Å². The number of carboxylic acids is 1. The lowest BCUT2D eigenvalue weighted by atomic mass is 10.1. The van der Waals surface area contributed by atoms with Crippen molar-refractivity contribution in [1.82, 2.24) is 5.32 Å². The lowest BCUT2D eigenvalue weighted by Crippen LogP contribution is -2.32. The smallest absolute Gasteiger partial charge is 0.419 e. The molecule has 1 heterocycles. The second-order valence-corrected chi connectivity index (χ2v) is 6.06. The summed E-state index contributed by atoms with van der Waals surface area (Å²) in [6.07, 6.45) is 0.191. The van der Waals surface area contributed by atoms with Crippen LogP contribution in [0.3, 0.4) is 0 Å². The van der Waals surface area contributed by atoms with E-state index in [0.29, 0.717) is 5.56 Å². The van der Waals surface area contributed by atoms with Crippen molar-refractivity contribution in [3.63, 3.8) is 0 Å². The van der Waals surface area contributed by atoms with Crippen molar-refractivity contribution in [2.24, 2.45) is 5.73 Å². The first-order valence-electron chi connectivity index (χ1n) is 8.22. The number of carbonyl (C=O) groups is 3. The average Bonchev–Trinajstić information content (AvgIpc) is 2.96. The molecule has 0 aromatic heterocycles. The number of cyclic esters (lactones) is 1. The number of imide groups is 1. The predicted octanol–water partition coefficient (Wildman–Crippen LogP) is 2.32. The van der Waals surface area contributed by atoms with Crippen LogP contribution in [0.2, 0.25) is 0 Å². The monoisotopic (exact) mass is 404 g/mol. The largest absolute Gasteiger partial charge is 0.480 e. The molecule has 8 nitrogen and oxygen atoms in total. The molecule has 0 bridgehead atoms. The molecule has 4 N–H and O–H groups in total. The molecule has 1 atom stereocenters.